The van der Waals surface area contributed by atoms with Gasteiger partial charge in [0.15, 0.2) is 6.10 Å². The summed E-state index contributed by atoms with van der Waals surface area (Å²) in [6.07, 6.45) is 45.5. The summed E-state index contributed by atoms with van der Waals surface area (Å²) in [5, 5.41) is 0. The second-order valence-electron chi connectivity index (χ2n) is 15.7. The lowest BCUT2D eigenvalue weighted by Gasteiger charge is -2.24. The van der Waals surface area contributed by atoms with E-state index in [0.717, 1.165) is 83.5 Å². The summed E-state index contributed by atoms with van der Waals surface area (Å²) in [7, 11) is 1.45. The van der Waals surface area contributed by atoms with Crippen LogP contribution in [0, 0.1) is 0 Å². The first-order valence-electron chi connectivity index (χ1n) is 22.0. The Bertz CT molecular complexity index is 1140. The van der Waals surface area contributed by atoms with Gasteiger partial charge in [0.2, 0.25) is 0 Å². The summed E-state index contributed by atoms with van der Waals surface area (Å²) in [4.78, 5) is 35.4. The second kappa shape index (κ2) is 38.2. The highest BCUT2D eigenvalue weighted by molar-refractivity contribution is 7.47. The van der Waals surface area contributed by atoms with Crippen molar-refractivity contribution in [2.75, 3.05) is 47.5 Å². The smallest absolute Gasteiger partial charge is 0.462 e. The van der Waals surface area contributed by atoms with Gasteiger partial charge in [-0.1, -0.05) is 139 Å². The number of rotatable bonds is 39. The molecule has 1 N–H and O–H groups in total. The molecule has 0 aromatic carbocycles. The van der Waals surface area contributed by atoms with Crippen LogP contribution in [0.2, 0.25) is 0 Å². The van der Waals surface area contributed by atoms with E-state index in [9.17, 15) is 19.0 Å². The molecule has 0 saturated carbocycles. The molecule has 56 heavy (non-hydrogen) atoms. The van der Waals surface area contributed by atoms with Crippen LogP contribution in [-0.4, -0.2) is 74.9 Å². The number of hydrogen-bond donors (Lipinski definition) is 1. The Labute approximate surface area is 343 Å². The van der Waals surface area contributed by atoms with Crippen molar-refractivity contribution in [3.05, 3.63) is 60.8 Å². The van der Waals surface area contributed by atoms with Gasteiger partial charge in [-0.15, -0.1) is 0 Å². The SMILES string of the molecule is CC/C=C/C/C=C/C/C=C/CCCCCCCC(=O)OC[C@H](COP(=O)(O)OCC[N+](C)(C)C)OC(=O)CCCCCCCCC/C=C/C/C=C/CCCCC. The molecule has 0 radical (unpaired) electrons. The van der Waals surface area contributed by atoms with Crippen LogP contribution in [0.4, 0.5) is 0 Å². The molecule has 10 heteroatoms. The number of unbranched alkanes of at least 4 members (excludes halogenated alkanes) is 15. The van der Waals surface area contributed by atoms with Crippen molar-refractivity contribution in [3.8, 4) is 0 Å². The van der Waals surface area contributed by atoms with Gasteiger partial charge in [-0.2, -0.15) is 0 Å². The number of carbonyl (C=O) groups is 2. The van der Waals surface area contributed by atoms with Gasteiger partial charge in [0.05, 0.1) is 27.7 Å². The van der Waals surface area contributed by atoms with Crippen molar-refractivity contribution in [1.29, 1.82) is 0 Å². The van der Waals surface area contributed by atoms with Gasteiger partial charge in [0.1, 0.15) is 19.8 Å². The van der Waals surface area contributed by atoms with E-state index in [2.05, 4.69) is 74.6 Å². The number of hydrogen-bond acceptors (Lipinski definition) is 7. The summed E-state index contributed by atoms with van der Waals surface area (Å²) in [6, 6.07) is 0. The number of carbonyl (C=O) groups excluding carboxylic acids is 2. The van der Waals surface area contributed by atoms with Crippen LogP contribution in [0.5, 0.6) is 0 Å². The molecule has 0 bridgehead atoms. The highest BCUT2D eigenvalue weighted by atomic mass is 31.2. The Hall–Kier alpha value is -2.29. The molecule has 0 saturated heterocycles. The fraction of sp³-hybridized carbons (Fsp3) is 0.739. The lowest BCUT2D eigenvalue weighted by molar-refractivity contribution is -0.870. The van der Waals surface area contributed by atoms with E-state index in [-0.39, 0.29) is 32.0 Å². The molecular weight excluding hydrogens is 725 g/mol. The van der Waals surface area contributed by atoms with Gasteiger partial charge in [-0.05, 0) is 77.0 Å². The normalized spacial score (nSPS) is 14.2. The molecular formula is C46H83NO8P+. The van der Waals surface area contributed by atoms with E-state index in [4.69, 9.17) is 18.5 Å². The lowest BCUT2D eigenvalue weighted by atomic mass is 10.1. The molecule has 0 aliphatic rings. The predicted octanol–water partition coefficient (Wildman–Crippen LogP) is 12.5. The molecule has 0 fully saturated rings. The van der Waals surface area contributed by atoms with Gasteiger partial charge < -0.3 is 18.9 Å². The third-order valence-electron chi connectivity index (χ3n) is 9.03. The summed E-state index contributed by atoms with van der Waals surface area (Å²) in [5.74, 6) is -0.831. The van der Waals surface area contributed by atoms with Crippen molar-refractivity contribution in [2.45, 2.75) is 174 Å². The Morgan fingerprint density at radius 3 is 1.52 bits per heavy atom. The minimum Gasteiger partial charge on any atom is -0.462 e. The number of quaternary nitrogens is 1. The second-order valence-corrected chi connectivity index (χ2v) is 17.1. The van der Waals surface area contributed by atoms with Crippen LogP contribution in [0.1, 0.15) is 168 Å². The number of ether oxygens (including phenoxy) is 2. The lowest BCUT2D eigenvalue weighted by Crippen LogP contribution is -2.37. The van der Waals surface area contributed by atoms with Crippen molar-refractivity contribution >= 4 is 19.8 Å². The summed E-state index contributed by atoms with van der Waals surface area (Å²) < 4.78 is 34.3. The van der Waals surface area contributed by atoms with Crippen LogP contribution < -0.4 is 0 Å². The Morgan fingerprint density at radius 2 is 1.02 bits per heavy atom. The van der Waals surface area contributed by atoms with Crippen molar-refractivity contribution in [1.82, 2.24) is 0 Å². The zero-order valence-corrected chi connectivity index (χ0v) is 37.2. The molecule has 0 aliphatic heterocycles. The third-order valence-corrected chi connectivity index (χ3v) is 10.0. The first-order chi connectivity index (χ1) is 27.0. The first kappa shape index (κ1) is 53.7. The molecule has 0 aromatic rings. The number of likely N-dealkylation sites (N-methyl/N-ethyl adjacent to an activating group) is 1. The number of phosphoric ester groups is 1. The average molecular weight is 809 g/mol. The fourth-order valence-electron chi connectivity index (χ4n) is 5.59. The van der Waals surface area contributed by atoms with E-state index in [0.29, 0.717) is 23.9 Å². The Balaban J connectivity index is 4.41. The highest BCUT2D eigenvalue weighted by Gasteiger charge is 2.27. The fourth-order valence-corrected chi connectivity index (χ4v) is 6.33. The first-order valence-corrected chi connectivity index (χ1v) is 23.5. The van der Waals surface area contributed by atoms with Gasteiger partial charge >= 0.3 is 19.8 Å². The maximum atomic E-state index is 12.7. The molecule has 0 rings (SSSR count). The van der Waals surface area contributed by atoms with E-state index in [1.54, 1.807) is 0 Å². The molecule has 0 spiro atoms. The van der Waals surface area contributed by atoms with Crippen LogP contribution >= 0.6 is 7.82 Å². The summed E-state index contributed by atoms with van der Waals surface area (Å²) >= 11 is 0. The van der Waals surface area contributed by atoms with Crippen LogP contribution in [0.25, 0.3) is 0 Å². The maximum Gasteiger partial charge on any atom is 0.472 e. The largest absolute Gasteiger partial charge is 0.472 e. The molecule has 0 aliphatic carbocycles. The standard InChI is InChI=1S/C46H82NO8P/c1-6-8-10-12-14-16-18-20-22-23-25-27-29-31-33-35-37-39-46(49)55-44(43-54-56(50,51)53-41-40-47(3,4)5)42-52-45(48)38-36-34-32-30-28-26-24-21-19-17-15-13-11-9-7-2/h9,11,14-17,20-22,24,44H,6-8,10,12-13,18-19,23,25-43H2,1-5H3/p+1/b11-9+,16-14+,17-15+,22-20+,24-21+/t44-/m1/s1. The minimum atomic E-state index is -4.38. The quantitative estimate of drug-likeness (QED) is 0.0215. The molecule has 9 nitrogen and oxygen atoms in total. The molecule has 324 valence electrons. The van der Waals surface area contributed by atoms with Crippen LogP contribution in [-0.2, 0) is 32.7 Å². The Kier molecular flexibility index (Phi) is 36.7. The van der Waals surface area contributed by atoms with Crippen molar-refractivity contribution < 1.29 is 42.1 Å². The zero-order chi connectivity index (χ0) is 41.4. The van der Waals surface area contributed by atoms with Crippen LogP contribution in [0.15, 0.2) is 60.8 Å². The van der Waals surface area contributed by atoms with E-state index in [1.165, 1.54) is 44.9 Å². The maximum absolute atomic E-state index is 12.7. The van der Waals surface area contributed by atoms with E-state index < -0.39 is 26.5 Å². The van der Waals surface area contributed by atoms with Crippen molar-refractivity contribution in [3.63, 3.8) is 0 Å². The number of phosphoric acid groups is 1. The van der Waals surface area contributed by atoms with Gasteiger partial charge in [0, 0.05) is 12.8 Å². The monoisotopic (exact) mass is 809 g/mol. The van der Waals surface area contributed by atoms with Gasteiger partial charge in [0.25, 0.3) is 0 Å². The minimum absolute atomic E-state index is 0.0244. The number of esters is 2. The number of nitrogens with zero attached hydrogens (tertiary/aromatic N) is 1. The highest BCUT2D eigenvalue weighted by Crippen LogP contribution is 2.43. The van der Waals surface area contributed by atoms with Crippen LogP contribution in [0.3, 0.4) is 0 Å². The molecule has 2 atom stereocenters. The van der Waals surface area contributed by atoms with E-state index in [1.807, 2.05) is 21.1 Å². The van der Waals surface area contributed by atoms with Crippen molar-refractivity contribution in [2.24, 2.45) is 0 Å². The average Bonchev–Trinajstić information content (AvgIpc) is 3.15. The molecule has 0 amide bonds. The van der Waals surface area contributed by atoms with Gasteiger partial charge in [-0.25, -0.2) is 4.57 Å². The van der Waals surface area contributed by atoms with E-state index >= 15 is 0 Å². The summed E-state index contributed by atoms with van der Waals surface area (Å²) in [5.41, 5.74) is 0. The molecule has 0 aromatic heterocycles. The topological polar surface area (TPSA) is 108 Å². The molecule has 0 heterocycles. The van der Waals surface area contributed by atoms with Gasteiger partial charge in [-0.3, -0.25) is 18.6 Å². The zero-order valence-electron chi connectivity index (χ0n) is 36.3. The summed E-state index contributed by atoms with van der Waals surface area (Å²) in [6.45, 7) is 4.24. The Morgan fingerprint density at radius 1 is 0.571 bits per heavy atom. The third kappa shape index (κ3) is 41.3. The molecule has 1 unspecified atom stereocenters. The predicted molar refractivity (Wildman–Crippen MR) is 233 cm³/mol. The number of allylic oxidation sites excluding steroid dienone is 10.